The van der Waals surface area contributed by atoms with Gasteiger partial charge in [0.15, 0.2) is 0 Å². The molecule has 0 radical (unpaired) electrons. The lowest BCUT2D eigenvalue weighted by Gasteiger charge is -2.26. The molecule has 0 aromatic heterocycles. The van der Waals surface area contributed by atoms with Gasteiger partial charge in [-0.05, 0) is 81.3 Å². The molecule has 4 heteroatoms. The first-order chi connectivity index (χ1) is 22.8. The van der Waals surface area contributed by atoms with Crippen molar-refractivity contribution in [3.63, 3.8) is 0 Å². The average Bonchev–Trinajstić information content (AvgIpc) is 3.06. The molecular formula is C44H50N2O2. The van der Waals surface area contributed by atoms with Crippen molar-refractivity contribution in [3.05, 3.63) is 119 Å². The molecule has 0 aliphatic heterocycles. The van der Waals surface area contributed by atoms with Crippen LogP contribution in [0.25, 0.3) is 34.4 Å². The first-order valence-corrected chi connectivity index (χ1v) is 17.1. The Morgan fingerprint density at radius 2 is 0.917 bits per heavy atom. The van der Waals surface area contributed by atoms with Gasteiger partial charge < -0.3 is 10.2 Å². The van der Waals surface area contributed by atoms with E-state index in [0.717, 1.165) is 70.2 Å². The molecule has 0 bridgehead atoms. The van der Waals surface area contributed by atoms with Crippen LogP contribution in [0.1, 0.15) is 101 Å². The van der Waals surface area contributed by atoms with Gasteiger partial charge in [0.05, 0.1) is 12.1 Å². The van der Waals surface area contributed by atoms with Crippen LogP contribution in [0.4, 0.5) is 0 Å². The summed E-state index contributed by atoms with van der Waals surface area (Å²) in [7, 11) is 0. The van der Waals surface area contributed by atoms with Gasteiger partial charge in [-0.2, -0.15) is 0 Å². The maximum atomic E-state index is 11.4. The van der Waals surface area contributed by atoms with Crippen LogP contribution < -0.4 is 0 Å². The minimum Gasteiger partial charge on any atom is -0.507 e. The van der Waals surface area contributed by atoms with E-state index in [2.05, 4.69) is 115 Å². The first kappa shape index (κ1) is 34.6. The summed E-state index contributed by atoms with van der Waals surface area (Å²) in [4.78, 5) is 10.1. The van der Waals surface area contributed by atoms with E-state index in [4.69, 9.17) is 9.98 Å². The summed E-state index contributed by atoms with van der Waals surface area (Å²) in [6.07, 6.45) is 11.4. The van der Waals surface area contributed by atoms with Gasteiger partial charge in [0.25, 0.3) is 0 Å². The van der Waals surface area contributed by atoms with Crippen LogP contribution in [-0.4, -0.2) is 34.7 Å². The van der Waals surface area contributed by atoms with E-state index < -0.39 is 0 Å². The van der Waals surface area contributed by atoms with Crippen LogP contribution in [0.2, 0.25) is 0 Å². The summed E-state index contributed by atoms with van der Waals surface area (Å²) in [5.41, 5.74) is 9.05. The molecule has 4 nitrogen and oxygen atoms in total. The lowest BCUT2D eigenvalue weighted by atomic mass is 9.83. The van der Waals surface area contributed by atoms with E-state index >= 15 is 0 Å². The van der Waals surface area contributed by atoms with Gasteiger partial charge in [0.2, 0.25) is 0 Å². The van der Waals surface area contributed by atoms with Crippen LogP contribution in [0.15, 0.2) is 95.9 Å². The Kier molecular flexibility index (Phi) is 10.2. The van der Waals surface area contributed by atoms with Crippen molar-refractivity contribution in [3.8, 4) is 33.8 Å². The lowest BCUT2D eigenvalue weighted by Crippen LogP contribution is -2.27. The van der Waals surface area contributed by atoms with Gasteiger partial charge in [0.1, 0.15) is 11.5 Å². The van der Waals surface area contributed by atoms with E-state index in [1.807, 2.05) is 36.7 Å². The van der Waals surface area contributed by atoms with Crippen LogP contribution in [0.5, 0.6) is 11.5 Å². The summed E-state index contributed by atoms with van der Waals surface area (Å²) in [5.74, 6) is 0.539. The third kappa shape index (κ3) is 7.87. The Morgan fingerprint density at radius 1 is 0.562 bits per heavy atom. The van der Waals surface area contributed by atoms with Gasteiger partial charge in [0, 0.05) is 34.7 Å². The molecule has 48 heavy (non-hydrogen) atoms. The van der Waals surface area contributed by atoms with Crippen LogP contribution in [-0.2, 0) is 10.8 Å². The molecule has 5 rings (SSSR count). The standard InChI is InChI=1S/C44H50N2O2/c1-9-29-15-19-31(20-16-29)33-23-35(41(47)37(25-33)43(3,4)5)27-45-39-13-11-12-14-40(39)46-28-36-24-34(26-38(42(36)48)44(6,7)8)32-21-17-30(10-2)18-22-32/h9-10,15-28,39-40,47-48H,1-2,11-14H2,3-8H3/t39-,40-/m0/s1. The zero-order valence-electron chi connectivity index (χ0n) is 29.4. The molecule has 4 aromatic carbocycles. The molecule has 2 atom stereocenters. The zero-order valence-corrected chi connectivity index (χ0v) is 29.4. The van der Waals surface area contributed by atoms with E-state index in [1.54, 1.807) is 0 Å². The maximum absolute atomic E-state index is 11.4. The van der Waals surface area contributed by atoms with Crippen molar-refractivity contribution in [2.75, 3.05) is 0 Å². The number of hydrogen-bond donors (Lipinski definition) is 2. The van der Waals surface area contributed by atoms with Crippen molar-refractivity contribution < 1.29 is 10.2 Å². The molecule has 248 valence electrons. The number of aliphatic imine (C=N–C) groups is 2. The summed E-state index contributed by atoms with van der Waals surface area (Å²) in [6.45, 7) is 20.4. The maximum Gasteiger partial charge on any atom is 0.128 e. The second-order valence-electron chi connectivity index (χ2n) is 15.1. The quantitative estimate of drug-likeness (QED) is 0.189. The number of nitrogens with zero attached hydrogens (tertiary/aromatic N) is 2. The van der Waals surface area contributed by atoms with Gasteiger partial charge in [-0.1, -0.05) is 128 Å². The van der Waals surface area contributed by atoms with E-state index in [-0.39, 0.29) is 34.4 Å². The Bertz CT molecular complexity index is 1690. The molecule has 1 saturated carbocycles. The minimum absolute atomic E-state index is 0.0260. The monoisotopic (exact) mass is 638 g/mol. The number of hydrogen-bond acceptors (Lipinski definition) is 4. The Balaban J connectivity index is 1.48. The second kappa shape index (κ2) is 14.2. The predicted octanol–water partition coefficient (Wildman–Crippen LogP) is 11.2. The third-order valence-corrected chi connectivity index (χ3v) is 9.36. The molecule has 0 unspecified atom stereocenters. The highest BCUT2D eigenvalue weighted by molar-refractivity contribution is 5.89. The van der Waals surface area contributed by atoms with Gasteiger partial charge >= 0.3 is 0 Å². The fourth-order valence-corrected chi connectivity index (χ4v) is 6.40. The van der Waals surface area contributed by atoms with E-state index in [0.29, 0.717) is 11.1 Å². The predicted molar refractivity (Wildman–Crippen MR) is 206 cm³/mol. The second-order valence-corrected chi connectivity index (χ2v) is 15.1. The SMILES string of the molecule is C=Cc1ccc(-c2cc(C=N[C@H]3CCCC[C@@H]3N=Cc3cc(-c4ccc(C=C)cc4)cc(C(C)(C)C)c3O)c(O)c(C(C)(C)C)c2)cc1. The van der Waals surface area contributed by atoms with E-state index in [1.165, 1.54) is 0 Å². The normalized spacial score (nSPS) is 17.2. The highest BCUT2D eigenvalue weighted by Gasteiger charge is 2.26. The lowest BCUT2D eigenvalue weighted by molar-refractivity contribution is 0.390. The molecule has 0 spiro atoms. The van der Waals surface area contributed by atoms with Crippen molar-refractivity contribution in [2.45, 2.75) is 90.1 Å². The number of aromatic hydroxyl groups is 2. The highest BCUT2D eigenvalue weighted by atomic mass is 16.3. The smallest absolute Gasteiger partial charge is 0.128 e. The van der Waals surface area contributed by atoms with Crippen molar-refractivity contribution >= 4 is 24.6 Å². The summed E-state index contributed by atoms with van der Waals surface area (Å²) in [6, 6.07) is 24.8. The fraction of sp³-hybridized carbons (Fsp3) is 0.318. The largest absolute Gasteiger partial charge is 0.507 e. The molecule has 0 saturated heterocycles. The molecule has 0 amide bonds. The molecule has 4 aromatic rings. The molecule has 0 heterocycles. The Hall–Kier alpha value is -4.70. The number of phenolic OH excluding ortho intramolecular Hbond substituents is 2. The number of phenols is 2. The van der Waals surface area contributed by atoms with Crippen LogP contribution >= 0.6 is 0 Å². The molecule has 1 aliphatic carbocycles. The van der Waals surface area contributed by atoms with Gasteiger partial charge in [-0.3, -0.25) is 9.98 Å². The molecular weight excluding hydrogens is 588 g/mol. The minimum atomic E-state index is -0.252. The van der Waals surface area contributed by atoms with Crippen molar-refractivity contribution in [2.24, 2.45) is 9.98 Å². The third-order valence-electron chi connectivity index (χ3n) is 9.36. The highest BCUT2D eigenvalue weighted by Crippen LogP contribution is 2.39. The molecule has 1 fully saturated rings. The topological polar surface area (TPSA) is 65.2 Å². The first-order valence-electron chi connectivity index (χ1n) is 17.1. The molecule has 2 N–H and O–H groups in total. The summed E-state index contributed by atoms with van der Waals surface area (Å²) < 4.78 is 0. The Labute approximate surface area is 287 Å². The number of rotatable bonds is 8. The van der Waals surface area contributed by atoms with Crippen LogP contribution in [0.3, 0.4) is 0 Å². The van der Waals surface area contributed by atoms with Gasteiger partial charge in [-0.25, -0.2) is 0 Å². The van der Waals surface area contributed by atoms with E-state index in [9.17, 15) is 10.2 Å². The van der Waals surface area contributed by atoms with Crippen LogP contribution in [0, 0.1) is 0 Å². The average molecular weight is 639 g/mol. The van der Waals surface area contributed by atoms with Gasteiger partial charge in [-0.15, -0.1) is 0 Å². The fourth-order valence-electron chi connectivity index (χ4n) is 6.40. The zero-order chi connectivity index (χ0) is 34.6. The summed E-state index contributed by atoms with van der Waals surface area (Å²) in [5, 5.41) is 22.9. The van der Waals surface area contributed by atoms with Crippen molar-refractivity contribution in [1.29, 1.82) is 0 Å². The number of benzene rings is 4. The molecule has 1 aliphatic rings. The Morgan fingerprint density at radius 3 is 1.23 bits per heavy atom. The van der Waals surface area contributed by atoms with Crippen molar-refractivity contribution in [1.82, 2.24) is 0 Å². The summed E-state index contributed by atoms with van der Waals surface area (Å²) >= 11 is 0.